The second-order valence-electron chi connectivity index (χ2n) is 7.07. The summed E-state index contributed by atoms with van der Waals surface area (Å²) in [6, 6.07) is 10.5. The van der Waals surface area contributed by atoms with E-state index in [4.69, 9.17) is 0 Å². The van der Waals surface area contributed by atoms with E-state index in [1.807, 2.05) is 55.4 Å². The first-order valence-electron chi connectivity index (χ1n) is 8.64. The minimum Gasteiger partial charge on any atom is -0.378 e. The summed E-state index contributed by atoms with van der Waals surface area (Å²) in [7, 11) is 3.96. The third-order valence-electron chi connectivity index (χ3n) is 5.41. The van der Waals surface area contributed by atoms with Crippen LogP contribution in [0.1, 0.15) is 29.5 Å². The molecular formula is C20H20FN3O2. The van der Waals surface area contributed by atoms with Gasteiger partial charge >= 0.3 is 0 Å². The highest BCUT2D eigenvalue weighted by atomic mass is 19.1. The van der Waals surface area contributed by atoms with E-state index in [0.717, 1.165) is 17.7 Å². The van der Waals surface area contributed by atoms with Gasteiger partial charge in [-0.1, -0.05) is 24.3 Å². The summed E-state index contributed by atoms with van der Waals surface area (Å²) in [5.74, 6) is -0.464. The summed E-state index contributed by atoms with van der Waals surface area (Å²) < 4.78 is 14.5. The summed E-state index contributed by atoms with van der Waals surface area (Å²) in [4.78, 5) is 13.1. The molecule has 2 aromatic carbocycles. The third-order valence-corrected chi connectivity index (χ3v) is 5.41. The summed E-state index contributed by atoms with van der Waals surface area (Å²) >= 11 is 0. The predicted molar refractivity (Wildman–Crippen MR) is 100 cm³/mol. The zero-order valence-electron chi connectivity index (χ0n) is 14.6. The fraction of sp³-hybridized carbons (Fsp3) is 0.300. The number of anilines is 2. The van der Waals surface area contributed by atoms with Gasteiger partial charge in [0.1, 0.15) is 5.82 Å². The molecule has 6 heteroatoms. The topological polar surface area (TPSA) is 58.4 Å². The molecule has 1 heterocycles. The smallest absolute Gasteiger partial charge is 0.275 e. The number of nitrogens with zero attached hydrogens (tertiary/aromatic N) is 2. The van der Waals surface area contributed by atoms with Gasteiger partial charge in [-0.3, -0.25) is 10.1 Å². The Balaban J connectivity index is 1.80. The van der Waals surface area contributed by atoms with Gasteiger partial charge in [0, 0.05) is 31.8 Å². The van der Waals surface area contributed by atoms with E-state index in [1.54, 1.807) is 0 Å². The van der Waals surface area contributed by atoms with Crippen LogP contribution in [0.15, 0.2) is 48.6 Å². The predicted octanol–water partition coefficient (Wildman–Crippen LogP) is 4.63. The quantitative estimate of drug-likeness (QED) is 0.497. The molecule has 2 aliphatic rings. The van der Waals surface area contributed by atoms with Crippen LogP contribution in [0.5, 0.6) is 0 Å². The largest absolute Gasteiger partial charge is 0.378 e. The molecular weight excluding hydrogens is 333 g/mol. The van der Waals surface area contributed by atoms with Gasteiger partial charge in [0.25, 0.3) is 5.69 Å². The number of allylic oxidation sites excluding steroid dienone is 2. The molecule has 134 valence electrons. The molecule has 4 rings (SSSR count). The van der Waals surface area contributed by atoms with E-state index in [2.05, 4.69) is 5.32 Å². The lowest BCUT2D eigenvalue weighted by Crippen LogP contribution is -2.30. The Morgan fingerprint density at radius 1 is 1.19 bits per heavy atom. The van der Waals surface area contributed by atoms with E-state index < -0.39 is 10.7 Å². The maximum atomic E-state index is 14.5. The number of nitrogens with one attached hydrogen (secondary N) is 1. The molecule has 0 fully saturated rings. The minimum absolute atomic E-state index is 0.0168. The van der Waals surface area contributed by atoms with Crippen LogP contribution in [0.2, 0.25) is 0 Å². The van der Waals surface area contributed by atoms with Gasteiger partial charge < -0.3 is 10.2 Å². The third kappa shape index (κ3) is 2.53. The lowest BCUT2D eigenvalue weighted by Gasteiger charge is -2.37. The molecule has 0 amide bonds. The maximum absolute atomic E-state index is 14.5. The summed E-state index contributed by atoms with van der Waals surface area (Å²) in [6.45, 7) is 0. The van der Waals surface area contributed by atoms with Gasteiger partial charge in [0.15, 0.2) is 0 Å². The molecule has 26 heavy (non-hydrogen) atoms. The second kappa shape index (κ2) is 6.12. The van der Waals surface area contributed by atoms with Crippen molar-refractivity contribution in [2.75, 3.05) is 24.3 Å². The fourth-order valence-corrected chi connectivity index (χ4v) is 4.12. The van der Waals surface area contributed by atoms with Gasteiger partial charge in [-0.15, -0.1) is 0 Å². The van der Waals surface area contributed by atoms with Crippen molar-refractivity contribution in [3.63, 3.8) is 0 Å². The molecule has 5 nitrogen and oxygen atoms in total. The van der Waals surface area contributed by atoms with Crippen molar-refractivity contribution in [2.24, 2.45) is 5.92 Å². The van der Waals surface area contributed by atoms with E-state index in [9.17, 15) is 14.5 Å². The average Bonchev–Trinajstić information content (AvgIpc) is 3.11. The van der Waals surface area contributed by atoms with E-state index in [1.165, 1.54) is 12.1 Å². The molecule has 0 bridgehead atoms. The Morgan fingerprint density at radius 2 is 1.92 bits per heavy atom. The Bertz CT molecular complexity index is 893. The number of fused-ring (bicyclic) bond motifs is 3. The molecule has 2 aromatic rings. The van der Waals surface area contributed by atoms with Gasteiger partial charge in [0.05, 0.1) is 22.2 Å². The van der Waals surface area contributed by atoms with Gasteiger partial charge in [-0.05, 0) is 36.1 Å². The first kappa shape index (κ1) is 16.6. The zero-order valence-corrected chi connectivity index (χ0v) is 14.6. The molecule has 3 unspecified atom stereocenters. The van der Waals surface area contributed by atoms with Crippen LogP contribution in [0, 0.1) is 21.8 Å². The number of benzene rings is 2. The SMILES string of the molecule is CN(C)c1ccc(C2Nc3c(F)ccc([N+](=O)[O-])c3C3C=CCC32)cc1. The van der Waals surface area contributed by atoms with E-state index >= 15 is 0 Å². The molecule has 0 spiro atoms. The number of hydrogen-bond donors (Lipinski definition) is 1. The molecule has 1 aliphatic carbocycles. The van der Waals surface area contributed by atoms with Crippen molar-refractivity contribution in [2.45, 2.75) is 18.4 Å². The molecule has 3 atom stereocenters. The Hall–Kier alpha value is -2.89. The Kier molecular flexibility index (Phi) is 3.90. The van der Waals surface area contributed by atoms with Crippen molar-refractivity contribution in [3.8, 4) is 0 Å². The molecule has 1 N–H and O–H groups in total. The van der Waals surface area contributed by atoms with Gasteiger partial charge in [0.2, 0.25) is 0 Å². The normalized spacial score (nSPS) is 23.1. The number of hydrogen-bond acceptors (Lipinski definition) is 4. The highest BCUT2D eigenvalue weighted by Gasteiger charge is 2.42. The van der Waals surface area contributed by atoms with Crippen molar-refractivity contribution in [1.82, 2.24) is 0 Å². The van der Waals surface area contributed by atoms with Crippen molar-refractivity contribution >= 4 is 17.1 Å². The lowest BCUT2D eigenvalue weighted by atomic mass is 9.76. The average molecular weight is 353 g/mol. The molecule has 0 aromatic heterocycles. The zero-order chi connectivity index (χ0) is 18.4. The van der Waals surface area contributed by atoms with Crippen molar-refractivity contribution in [3.05, 3.63) is 75.6 Å². The van der Waals surface area contributed by atoms with Gasteiger partial charge in [-0.2, -0.15) is 0 Å². The van der Waals surface area contributed by atoms with E-state index in [0.29, 0.717) is 5.56 Å². The van der Waals surface area contributed by atoms with Crippen LogP contribution in [0.3, 0.4) is 0 Å². The first-order chi connectivity index (χ1) is 12.5. The number of rotatable bonds is 3. The first-order valence-corrected chi connectivity index (χ1v) is 8.64. The Morgan fingerprint density at radius 3 is 2.58 bits per heavy atom. The number of halogens is 1. The molecule has 0 radical (unpaired) electrons. The lowest BCUT2D eigenvalue weighted by molar-refractivity contribution is -0.385. The van der Waals surface area contributed by atoms with Crippen LogP contribution in [0.4, 0.5) is 21.5 Å². The van der Waals surface area contributed by atoms with Gasteiger partial charge in [-0.25, -0.2) is 4.39 Å². The number of nitro groups is 1. The van der Waals surface area contributed by atoms with Crippen molar-refractivity contribution in [1.29, 1.82) is 0 Å². The molecule has 0 saturated heterocycles. The molecule has 0 saturated carbocycles. The highest BCUT2D eigenvalue weighted by Crippen LogP contribution is 2.53. The van der Waals surface area contributed by atoms with Crippen LogP contribution in [0.25, 0.3) is 0 Å². The highest BCUT2D eigenvalue weighted by molar-refractivity contribution is 5.68. The summed E-state index contributed by atoms with van der Waals surface area (Å²) in [5.41, 5.74) is 2.86. The van der Waals surface area contributed by atoms with Crippen molar-refractivity contribution < 1.29 is 9.31 Å². The standard InChI is InChI=1S/C20H20FN3O2/c1-23(2)13-8-6-12(7-9-13)19-15-5-3-4-14(15)18-17(24(25)26)11-10-16(21)20(18)22-19/h3-4,6-11,14-15,19,22H,5H2,1-2H3. The second-order valence-corrected chi connectivity index (χ2v) is 7.07. The maximum Gasteiger partial charge on any atom is 0.275 e. The van der Waals surface area contributed by atoms with Crippen LogP contribution in [-0.4, -0.2) is 19.0 Å². The summed E-state index contributed by atoms with van der Waals surface area (Å²) in [5, 5.41) is 14.7. The summed E-state index contributed by atoms with van der Waals surface area (Å²) in [6.07, 6.45) is 4.84. The molecule has 1 aliphatic heterocycles. The van der Waals surface area contributed by atoms with Crippen LogP contribution >= 0.6 is 0 Å². The Labute approximate surface area is 151 Å². The minimum atomic E-state index is -0.445. The van der Waals surface area contributed by atoms with Crippen LogP contribution < -0.4 is 10.2 Å². The number of nitro benzene ring substituents is 1. The van der Waals surface area contributed by atoms with Crippen LogP contribution in [-0.2, 0) is 0 Å². The fourth-order valence-electron chi connectivity index (χ4n) is 4.12. The monoisotopic (exact) mass is 353 g/mol. The van der Waals surface area contributed by atoms with E-state index in [-0.39, 0.29) is 29.3 Å².